The summed E-state index contributed by atoms with van der Waals surface area (Å²) in [6.45, 7) is 0. The molecule has 2 fully saturated rings. The van der Waals surface area contributed by atoms with Crippen LogP contribution >= 0.6 is 0 Å². The van der Waals surface area contributed by atoms with Gasteiger partial charge in [-0.1, -0.05) is 31.0 Å². The Morgan fingerprint density at radius 3 is 2.10 bits per heavy atom. The summed E-state index contributed by atoms with van der Waals surface area (Å²) in [5.41, 5.74) is 0.601. The predicted octanol–water partition coefficient (Wildman–Crippen LogP) is 4.06. The van der Waals surface area contributed by atoms with Gasteiger partial charge in [0.25, 0.3) is 0 Å². The van der Waals surface area contributed by atoms with Crippen molar-refractivity contribution < 1.29 is 9.90 Å². The van der Waals surface area contributed by atoms with E-state index in [1.807, 2.05) is 30.3 Å². The third-order valence-corrected chi connectivity index (χ3v) is 5.40. The van der Waals surface area contributed by atoms with Crippen molar-refractivity contribution in [2.24, 2.45) is 5.41 Å². The highest BCUT2D eigenvalue weighted by molar-refractivity contribution is 5.83. The van der Waals surface area contributed by atoms with Crippen molar-refractivity contribution >= 4 is 11.7 Å². The molecular formula is C17H23NO2. The Bertz CT molecular complexity index is 467. The van der Waals surface area contributed by atoms with Crippen LogP contribution in [0, 0.1) is 5.41 Å². The molecule has 20 heavy (non-hydrogen) atoms. The summed E-state index contributed by atoms with van der Waals surface area (Å²) in [5, 5.41) is 13.0. The number of carboxylic acids is 1. The van der Waals surface area contributed by atoms with Crippen LogP contribution in [0.4, 0.5) is 5.69 Å². The average molecular weight is 273 g/mol. The van der Waals surface area contributed by atoms with Crippen LogP contribution in [0.15, 0.2) is 30.3 Å². The van der Waals surface area contributed by atoms with Gasteiger partial charge in [0.2, 0.25) is 0 Å². The molecule has 0 saturated heterocycles. The minimum atomic E-state index is -0.769. The maximum atomic E-state index is 11.8. The largest absolute Gasteiger partial charge is 0.480 e. The summed E-state index contributed by atoms with van der Waals surface area (Å²) in [4.78, 5) is 11.8. The van der Waals surface area contributed by atoms with Gasteiger partial charge in [0.15, 0.2) is 0 Å². The lowest BCUT2D eigenvalue weighted by atomic mass is 9.66. The molecule has 0 aromatic heterocycles. The number of carboxylic acid groups (broad SMARTS) is 1. The van der Waals surface area contributed by atoms with Crippen LogP contribution in [0.1, 0.15) is 51.4 Å². The van der Waals surface area contributed by atoms with E-state index in [0.29, 0.717) is 5.41 Å². The maximum absolute atomic E-state index is 11.8. The van der Waals surface area contributed by atoms with E-state index in [4.69, 9.17) is 0 Å². The Labute approximate surface area is 120 Å². The molecule has 0 bridgehead atoms. The first-order valence-corrected chi connectivity index (χ1v) is 7.71. The molecule has 3 rings (SSSR count). The van der Waals surface area contributed by atoms with Crippen molar-refractivity contribution in [3.63, 3.8) is 0 Å². The van der Waals surface area contributed by atoms with Crippen LogP contribution < -0.4 is 5.32 Å². The zero-order chi connectivity index (χ0) is 14.1. The van der Waals surface area contributed by atoms with Crippen molar-refractivity contribution in [1.82, 2.24) is 0 Å². The number of hydrogen-bond donors (Lipinski definition) is 2. The molecule has 0 aliphatic heterocycles. The fourth-order valence-corrected chi connectivity index (χ4v) is 4.02. The summed E-state index contributed by atoms with van der Waals surface area (Å²) in [6.07, 6.45) is 8.85. The van der Waals surface area contributed by atoms with Gasteiger partial charge in [0, 0.05) is 5.69 Å². The minimum Gasteiger partial charge on any atom is -0.480 e. The zero-order valence-electron chi connectivity index (χ0n) is 11.9. The number of rotatable bonds is 3. The lowest BCUT2D eigenvalue weighted by molar-refractivity contribution is -0.144. The Hall–Kier alpha value is -1.51. The smallest absolute Gasteiger partial charge is 0.329 e. The van der Waals surface area contributed by atoms with Crippen LogP contribution in [0.2, 0.25) is 0 Å². The van der Waals surface area contributed by atoms with E-state index in [9.17, 15) is 9.90 Å². The normalized spacial score (nSPS) is 23.6. The average Bonchev–Trinajstić information content (AvgIpc) is 2.91. The number of hydrogen-bond acceptors (Lipinski definition) is 2. The Morgan fingerprint density at radius 1 is 0.950 bits per heavy atom. The van der Waals surface area contributed by atoms with Crippen molar-refractivity contribution in [3.05, 3.63) is 30.3 Å². The second-order valence-corrected chi connectivity index (χ2v) is 6.59. The monoisotopic (exact) mass is 273 g/mol. The third kappa shape index (κ3) is 2.41. The molecule has 0 radical (unpaired) electrons. The topological polar surface area (TPSA) is 49.3 Å². The first-order chi connectivity index (χ1) is 9.64. The Balaban J connectivity index is 1.75. The van der Waals surface area contributed by atoms with Crippen LogP contribution in [0.5, 0.6) is 0 Å². The van der Waals surface area contributed by atoms with E-state index < -0.39 is 11.5 Å². The molecule has 2 N–H and O–H groups in total. The maximum Gasteiger partial charge on any atom is 0.329 e. The first kappa shape index (κ1) is 13.5. The third-order valence-electron chi connectivity index (χ3n) is 5.40. The van der Waals surface area contributed by atoms with E-state index in [0.717, 1.165) is 31.4 Å². The molecule has 3 nitrogen and oxygen atoms in total. The van der Waals surface area contributed by atoms with Gasteiger partial charge in [-0.15, -0.1) is 0 Å². The van der Waals surface area contributed by atoms with Crippen LogP contribution in [0.3, 0.4) is 0 Å². The number of para-hydroxylation sites is 1. The molecule has 1 aromatic rings. The van der Waals surface area contributed by atoms with Gasteiger partial charge in [-0.3, -0.25) is 0 Å². The van der Waals surface area contributed by atoms with Gasteiger partial charge in [-0.05, 0) is 56.1 Å². The number of benzene rings is 1. The molecule has 0 amide bonds. The van der Waals surface area contributed by atoms with Gasteiger partial charge in [-0.2, -0.15) is 0 Å². The predicted molar refractivity (Wildman–Crippen MR) is 79.8 cm³/mol. The van der Waals surface area contributed by atoms with E-state index >= 15 is 0 Å². The highest BCUT2D eigenvalue weighted by Crippen LogP contribution is 2.51. The molecule has 2 aliphatic rings. The summed E-state index contributed by atoms with van der Waals surface area (Å²) in [6, 6.07) is 9.74. The SMILES string of the molecule is O=C(O)C1(Nc2ccccc2)CCC2(CCCC2)CC1. The number of aliphatic carboxylic acids is 1. The molecule has 0 unspecified atom stereocenters. The fourth-order valence-electron chi connectivity index (χ4n) is 4.02. The summed E-state index contributed by atoms with van der Waals surface area (Å²) >= 11 is 0. The molecule has 108 valence electrons. The molecule has 0 heterocycles. The second kappa shape index (κ2) is 5.12. The minimum absolute atomic E-state index is 0.456. The summed E-state index contributed by atoms with van der Waals surface area (Å²) in [7, 11) is 0. The van der Waals surface area contributed by atoms with Crippen molar-refractivity contribution in [1.29, 1.82) is 0 Å². The fraction of sp³-hybridized carbons (Fsp3) is 0.588. The zero-order valence-corrected chi connectivity index (χ0v) is 11.9. The molecule has 2 aliphatic carbocycles. The lowest BCUT2D eigenvalue weighted by Gasteiger charge is -2.43. The second-order valence-electron chi connectivity index (χ2n) is 6.59. The summed E-state index contributed by atoms with van der Waals surface area (Å²) < 4.78 is 0. The van der Waals surface area contributed by atoms with Crippen molar-refractivity contribution in [3.8, 4) is 0 Å². The van der Waals surface area contributed by atoms with Gasteiger partial charge >= 0.3 is 5.97 Å². The van der Waals surface area contributed by atoms with Gasteiger partial charge in [0.1, 0.15) is 5.54 Å². The van der Waals surface area contributed by atoms with E-state index in [2.05, 4.69) is 5.32 Å². The number of anilines is 1. The van der Waals surface area contributed by atoms with Crippen molar-refractivity contribution in [2.45, 2.75) is 56.9 Å². The molecular weight excluding hydrogens is 250 g/mol. The molecule has 3 heteroatoms. The highest BCUT2D eigenvalue weighted by atomic mass is 16.4. The molecule has 0 atom stereocenters. The molecule has 1 aromatic carbocycles. The van der Waals surface area contributed by atoms with E-state index in [1.165, 1.54) is 25.7 Å². The van der Waals surface area contributed by atoms with Gasteiger partial charge in [0.05, 0.1) is 0 Å². The lowest BCUT2D eigenvalue weighted by Crippen LogP contribution is -2.50. The summed E-state index contributed by atoms with van der Waals surface area (Å²) in [5.74, 6) is -0.700. The number of carbonyl (C=O) groups is 1. The number of nitrogens with one attached hydrogen (secondary N) is 1. The standard InChI is InChI=1S/C17H23NO2/c19-15(20)17(18-14-6-2-1-3-7-14)12-10-16(11-13-17)8-4-5-9-16/h1-3,6-7,18H,4-5,8-13H2,(H,19,20). The van der Waals surface area contributed by atoms with Crippen LogP contribution in [-0.2, 0) is 4.79 Å². The Morgan fingerprint density at radius 2 is 1.55 bits per heavy atom. The quantitative estimate of drug-likeness (QED) is 0.873. The van der Waals surface area contributed by atoms with Gasteiger partial charge in [-0.25, -0.2) is 4.79 Å². The highest BCUT2D eigenvalue weighted by Gasteiger charge is 2.48. The van der Waals surface area contributed by atoms with Crippen molar-refractivity contribution in [2.75, 3.05) is 5.32 Å². The van der Waals surface area contributed by atoms with E-state index in [1.54, 1.807) is 0 Å². The molecule has 2 saturated carbocycles. The molecule has 1 spiro atoms. The van der Waals surface area contributed by atoms with Crippen LogP contribution in [0.25, 0.3) is 0 Å². The first-order valence-electron chi connectivity index (χ1n) is 7.71. The van der Waals surface area contributed by atoms with Gasteiger partial charge < -0.3 is 10.4 Å². The van der Waals surface area contributed by atoms with Crippen LogP contribution in [-0.4, -0.2) is 16.6 Å². The Kier molecular flexibility index (Phi) is 3.45. The van der Waals surface area contributed by atoms with E-state index in [-0.39, 0.29) is 0 Å².